The number of hydrogen-bond donors (Lipinski definition) is 1. The van der Waals surface area contributed by atoms with Crippen LogP contribution in [0.5, 0.6) is 23.0 Å². The second kappa shape index (κ2) is 12.3. The van der Waals surface area contributed by atoms with Gasteiger partial charge in [0.05, 0.1) is 0 Å². The molecule has 0 amide bonds. The van der Waals surface area contributed by atoms with Crippen LogP contribution in [0.25, 0.3) is 22.1 Å². The first-order valence-electron chi connectivity index (χ1n) is 13.1. The molecule has 0 fully saturated rings. The highest BCUT2D eigenvalue weighted by Crippen LogP contribution is 2.44. The van der Waals surface area contributed by atoms with Crippen molar-refractivity contribution in [3.8, 4) is 23.0 Å². The molecule has 6 heterocycles. The maximum Gasteiger partial charge on any atom is 0.586 e. The highest BCUT2D eigenvalue weighted by Gasteiger charge is 2.45. The number of hydrogen-bond acceptors (Lipinski definition) is 16. The predicted molar refractivity (Wildman–Crippen MR) is 158 cm³/mol. The number of alkyl halides is 4. The molecule has 2 aliphatic heterocycles. The molecular formula is C25H21ClF4N8O10S2. The Labute approximate surface area is 281 Å². The summed E-state index contributed by atoms with van der Waals surface area (Å²) in [5.74, 6) is -0.340. The number of benzene rings is 2. The number of aromatic nitrogens is 8. The van der Waals surface area contributed by atoms with E-state index in [2.05, 4.69) is 59.5 Å². The van der Waals surface area contributed by atoms with Gasteiger partial charge in [0, 0.05) is 34.9 Å². The van der Waals surface area contributed by atoms with Crippen molar-refractivity contribution in [3.63, 3.8) is 0 Å². The van der Waals surface area contributed by atoms with Crippen molar-refractivity contribution in [2.75, 3.05) is 0 Å². The van der Waals surface area contributed by atoms with Crippen molar-refractivity contribution < 1.29 is 62.4 Å². The molecule has 0 atom stereocenters. The highest BCUT2D eigenvalue weighted by atomic mass is 35.7. The van der Waals surface area contributed by atoms with E-state index in [1.54, 1.807) is 0 Å². The Balaban J connectivity index is 0.000000159. The van der Waals surface area contributed by atoms with Gasteiger partial charge in [-0.1, -0.05) is 23.0 Å². The lowest BCUT2D eigenvalue weighted by Crippen LogP contribution is -2.26. The van der Waals surface area contributed by atoms with Gasteiger partial charge in [-0.05, 0) is 27.7 Å². The number of ether oxygens (including phenoxy) is 4. The van der Waals surface area contributed by atoms with Crippen LogP contribution in [-0.2, 0) is 19.1 Å². The van der Waals surface area contributed by atoms with Gasteiger partial charge in [0.1, 0.15) is 38.4 Å². The van der Waals surface area contributed by atoms with Crippen LogP contribution in [0.1, 0.15) is 30.3 Å². The Morgan fingerprint density at radius 1 is 0.700 bits per heavy atom. The number of H-pyrrole nitrogens is 1. The predicted octanol–water partition coefficient (Wildman–Crippen LogP) is 4.73. The van der Waals surface area contributed by atoms with Crippen LogP contribution < -0.4 is 18.9 Å². The molecule has 18 nitrogen and oxygen atoms in total. The van der Waals surface area contributed by atoms with E-state index < -0.39 is 31.7 Å². The first kappa shape index (κ1) is 36.1. The molecule has 0 bridgehead atoms. The summed E-state index contributed by atoms with van der Waals surface area (Å²) in [7, 11) is -2.81. The van der Waals surface area contributed by atoms with Gasteiger partial charge in [0.25, 0.3) is 19.1 Å². The Morgan fingerprint density at radius 2 is 1.12 bits per heavy atom. The summed E-state index contributed by atoms with van der Waals surface area (Å²) in [6.45, 7) is 5.90. The first-order valence-corrected chi connectivity index (χ1v) is 16.8. The molecular weight excluding hydrogens is 748 g/mol. The summed E-state index contributed by atoms with van der Waals surface area (Å²) in [5.41, 5.74) is 1.33. The van der Waals surface area contributed by atoms with E-state index in [1.807, 2.05) is 0 Å². The minimum atomic E-state index is -4.18. The van der Waals surface area contributed by atoms with Gasteiger partial charge in [-0.3, -0.25) is 0 Å². The second-order valence-corrected chi connectivity index (χ2v) is 14.1. The van der Waals surface area contributed by atoms with E-state index in [1.165, 1.54) is 39.8 Å². The average molecular weight is 769 g/mol. The van der Waals surface area contributed by atoms with Crippen molar-refractivity contribution in [2.45, 2.75) is 57.5 Å². The maximum absolute atomic E-state index is 13.1. The second-order valence-electron chi connectivity index (χ2n) is 9.92. The zero-order valence-corrected chi connectivity index (χ0v) is 27.1. The quantitative estimate of drug-likeness (QED) is 0.189. The van der Waals surface area contributed by atoms with E-state index in [0.717, 1.165) is 12.1 Å². The lowest BCUT2D eigenvalue weighted by molar-refractivity contribution is -0.287. The largest absolute Gasteiger partial charge is 0.586 e. The molecule has 50 heavy (non-hydrogen) atoms. The highest BCUT2D eigenvalue weighted by molar-refractivity contribution is 8.13. The van der Waals surface area contributed by atoms with Gasteiger partial charge in [-0.2, -0.15) is 23.8 Å². The van der Waals surface area contributed by atoms with Crippen molar-refractivity contribution in [3.05, 3.63) is 47.2 Å². The summed E-state index contributed by atoms with van der Waals surface area (Å²) < 4.78 is 126. The zero-order valence-electron chi connectivity index (χ0n) is 24.7. The summed E-state index contributed by atoms with van der Waals surface area (Å²) in [4.78, 5) is -0.198. The van der Waals surface area contributed by atoms with Gasteiger partial charge >= 0.3 is 12.6 Å². The molecule has 0 aliphatic carbocycles. The van der Waals surface area contributed by atoms with Crippen LogP contribution in [0.4, 0.5) is 17.6 Å². The van der Waals surface area contributed by atoms with Gasteiger partial charge in [-0.25, -0.2) is 8.42 Å². The number of aryl methyl sites for hydroxylation is 4. The van der Waals surface area contributed by atoms with E-state index >= 15 is 0 Å². The standard InChI is InChI=1S/C12H8F2N4O5S.C7H3F2N3O2.C5H6ClNO3S.CH4/c1-5-11(6(2)23-16-5)24(19,20)18-8-4-10-9(3-7(8)15-17-18)21-12(13,14)22-10;8-7(9)13-5-1-3-4(11-12-10-3)2-6(5)14-7;1-3-5(11(6,8)9)4(2)10-7-3;/h3-4H,1-2H3;1-2H,(H,10,11,12);1-2H3;1H4. The third-order valence-corrected chi connectivity index (χ3v) is 9.80. The van der Waals surface area contributed by atoms with Crippen molar-refractivity contribution in [1.82, 2.24) is 40.1 Å². The lowest BCUT2D eigenvalue weighted by Gasteiger charge is -2.04. The van der Waals surface area contributed by atoms with Crippen LogP contribution in [0.2, 0.25) is 0 Å². The number of aromatic amines is 1. The van der Waals surface area contributed by atoms with Crippen molar-refractivity contribution >= 4 is 51.8 Å². The summed E-state index contributed by atoms with van der Waals surface area (Å²) >= 11 is 0. The minimum absolute atomic E-state index is 0. The summed E-state index contributed by atoms with van der Waals surface area (Å²) in [6.07, 6.45) is -7.41. The maximum atomic E-state index is 13.1. The van der Waals surface area contributed by atoms with Crippen LogP contribution in [-0.4, -0.2) is 69.5 Å². The van der Waals surface area contributed by atoms with Crippen molar-refractivity contribution in [1.29, 1.82) is 0 Å². The molecule has 0 unspecified atom stereocenters. The smallest absolute Gasteiger partial charge is 0.395 e. The number of rotatable bonds is 3. The molecule has 1 N–H and O–H groups in total. The number of halogens is 5. The fourth-order valence-electron chi connectivity index (χ4n) is 4.56. The van der Waals surface area contributed by atoms with Gasteiger partial charge in [0.15, 0.2) is 39.4 Å². The van der Waals surface area contributed by atoms with Crippen LogP contribution in [0.15, 0.2) is 43.1 Å². The number of fused-ring (bicyclic) bond motifs is 4. The topological polar surface area (TPSA) is 230 Å². The molecule has 0 radical (unpaired) electrons. The molecule has 4 aromatic heterocycles. The van der Waals surface area contributed by atoms with Gasteiger partial charge in [0.2, 0.25) is 0 Å². The van der Waals surface area contributed by atoms with Gasteiger partial charge in [-0.15, -0.1) is 26.7 Å². The first-order chi connectivity index (χ1) is 22.8. The van der Waals surface area contributed by atoms with E-state index in [4.69, 9.17) is 15.2 Å². The Bertz CT molecular complexity index is 2400. The lowest BCUT2D eigenvalue weighted by atomic mass is 10.3. The fourth-order valence-corrected chi connectivity index (χ4v) is 7.51. The number of nitrogens with zero attached hydrogens (tertiary/aromatic N) is 7. The number of nitrogens with one attached hydrogen (secondary N) is 1. The van der Waals surface area contributed by atoms with E-state index in [-0.39, 0.29) is 74.2 Å². The molecule has 8 rings (SSSR count). The molecule has 6 aromatic rings. The molecule has 25 heteroatoms. The Morgan fingerprint density at radius 3 is 1.52 bits per heavy atom. The third-order valence-electron chi connectivity index (χ3n) is 6.44. The minimum Gasteiger partial charge on any atom is -0.395 e. The summed E-state index contributed by atoms with van der Waals surface area (Å²) in [6, 6.07) is 4.88. The van der Waals surface area contributed by atoms with Crippen molar-refractivity contribution in [2.24, 2.45) is 0 Å². The normalized spacial score (nSPS) is 15.2. The zero-order chi connectivity index (χ0) is 35.7. The fraction of sp³-hybridized carbons (Fsp3) is 0.280. The van der Waals surface area contributed by atoms with Crippen LogP contribution in [0, 0.1) is 27.7 Å². The van der Waals surface area contributed by atoms with Crippen LogP contribution >= 0.6 is 10.7 Å². The Hall–Kier alpha value is -5.23. The SMILES string of the molecule is C.Cc1noc(C)c1S(=O)(=O)Cl.Cc1noc(C)c1S(=O)(=O)n1nnc2cc3c(cc21)OC(F)(F)O3.FC1(F)Oc2cc3n[nH]nc3cc2O1. The summed E-state index contributed by atoms with van der Waals surface area (Å²) in [5, 5.41) is 24.1. The molecule has 2 aromatic carbocycles. The van der Waals surface area contributed by atoms with E-state index in [0.29, 0.717) is 15.1 Å². The molecule has 0 saturated heterocycles. The molecule has 0 spiro atoms. The Kier molecular flexibility index (Phi) is 8.85. The average Bonchev–Trinajstić information content (AvgIpc) is 3.80. The molecule has 0 saturated carbocycles. The monoisotopic (exact) mass is 768 g/mol. The van der Waals surface area contributed by atoms with Gasteiger partial charge < -0.3 is 28.0 Å². The third kappa shape index (κ3) is 6.67. The van der Waals surface area contributed by atoms with Crippen LogP contribution in [0.3, 0.4) is 0 Å². The van der Waals surface area contributed by atoms with E-state index in [9.17, 15) is 34.4 Å². The molecule has 2 aliphatic rings. The molecule has 268 valence electrons.